The van der Waals surface area contributed by atoms with Gasteiger partial charge >= 0.3 is 5.69 Å². The van der Waals surface area contributed by atoms with E-state index in [1.807, 2.05) is 18.7 Å². The second-order valence-corrected chi connectivity index (χ2v) is 8.45. The lowest BCUT2D eigenvalue weighted by Crippen LogP contribution is -2.42. The van der Waals surface area contributed by atoms with Crippen LogP contribution in [0.1, 0.15) is 43.5 Å². The second kappa shape index (κ2) is 7.53. The van der Waals surface area contributed by atoms with E-state index in [1.165, 1.54) is 18.0 Å². The van der Waals surface area contributed by atoms with Crippen LogP contribution in [0.3, 0.4) is 0 Å². The Bertz CT molecular complexity index is 1040. The molecule has 2 aromatic rings. The molecule has 1 amide bonds. The van der Waals surface area contributed by atoms with Gasteiger partial charge in [-0.05, 0) is 49.7 Å². The lowest BCUT2D eigenvalue weighted by atomic mass is 9.91. The highest BCUT2D eigenvalue weighted by Gasteiger charge is 2.25. The van der Waals surface area contributed by atoms with E-state index < -0.39 is 0 Å². The molecule has 0 N–H and O–H groups in total. The fraction of sp³-hybridized carbons (Fsp3) is 0.619. The number of amides is 1. The summed E-state index contributed by atoms with van der Waals surface area (Å²) in [5.74, 6) is 1.22. The Balaban J connectivity index is 1.93. The molecule has 0 radical (unpaired) electrons. The first-order valence-corrected chi connectivity index (χ1v) is 9.95. The van der Waals surface area contributed by atoms with Crippen molar-refractivity contribution in [3.63, 3.8) is 0 Å². The van der Waals surface area contributed by atoms with E-state index in [1.54, 1.807) is 7.05 Å². The molecule has 152 valence electrons. The summed E-state index contributed by atoms with van der Waals surface area (Å²) >= 11 is 0. The molecular weight excluding hydrogens is 356 g/mol. The van der Waals surface area contributed by atoms with Gasteiger partial charge < -0.3 is 4.90 Å². The Morgan fingerprint density at radius 3 is 2.29 bits per heavy atom. The summed E-state index contributed by atoms with van der Waals surface area (Å²) in [5, 5.41) is 0.456. The lowest BCUT2D eigenvalue weighted by molar-refractivity contribution is -0.133. The topological polar surface area (TPSA) is 77.2 Å². The molecule has 0 aromatic carbocycles. The summed E-state index contributed by atoms with van der Waals surface area (Å²) in [6.45, 7) is 9.78. The Labute approximate surface area is 165 Å². The molecule has 0 saturated carbocycles. The van der Waals surface area contributed by atoms with Crippen LogP contribution >= 0.6 is 0 Å². The molecule has 1 aliphatic heterocycles. The van der Waals surface area contributed by atoms with Gasteiger partial charge in [0.25, 0.3) is 5.56 Å². The van der Waals surface area contributed by atoms with Crippen molar-refractivity contribution in [2.75, 3.05) is 13.1 Å². The molecule has 3 rings (SSSR count). The van der Waals surface area contributed by atoms with Crippen molar-refractivity contribution in [1.29, 1.82) is 0 Å². The van der Waals surface area contributed by atoms with Gasteiger partial charge in [-0.1, -0.05) is 13.8 Å². The molecule has 7 heteroatoms. The zero-order valence-electron chi connectivity index (χ0n) is 17.7. The summed E-state index contributed by atoms with van der Waals surface area (Å²) in [6.07, 6.45) is 2.11. The van der Waals surface area contributed by atoms with E-state index in [2.05, 4.69) is 18.8 Å². The van der Waals surface area contributed by atoms with Crippen molar-refractivity contribution in [3.8, 4) is 0 Å². The Morgan fingerprint density at radius 2 is 1.68 bits per heavy atom. The number of piperidine rings is 1. The van der Waals surface area contributed by atoms with Crippen LogP contribution in [0.25, 0.3) is 11.0 Å². The summed E-state index contributed by atoms with van der Waals surface area (Å²) in [7, 11) is 3.10. The minimum Gasteiger partial charge on any atom is -0.342 e. The number of carbonyl (C=O) groups excluding carboxylic acids is 1. The van der Waals surface area contributed by atoms with Gasteiger partial charge in [0, 0.05) is 39.3 Å². The number of carbonyl (C=O) groups is 1. The number of nitrogens with zero attached hydrogens (tertiary/aromatic N) is 4. The van der Waals surface area contributed by atoms with Crippen LogP contribution in [0.4, 0.5) is 0 Å². The number of aryl methyl sites for hydroxylation is 3. The molecular formula is C21H30N4O3. The third-order valence-electron chi connectivity index (χ3n) is 5.98. The van der Waals surface area contributed by atoms with E-state index in [4.69, 9.17) is 0 Å². The Morgan fingerprint density at radius 1 is 1.07 bits per heavy atom. The maximum atomic E-state index is 12.8. The smallest absolute Gasteiger partial charge is 0.332 e. The molecule has 0 bridgehead atoms. The Kier molecular flexibility index (Phi) is 5.46. The van der Waals surface area contributed by atoms with Gasteiger partial charge in [-0.2, -0.15) is 0 Å². The van der Waals surface area contributed by atoms with Gasteiger partial charge in [0.15, 0.2) is 0 Å². The number of pyridine rings is 1. The zero-order valence-corrected chi connectivity index (χ0v) is 17.7. The highest BCUT2D eigenvalue weighted by atomic mass is 16.2. The molecule has 1 fully saturated rings. The van der Waals surface area contributed by atoms with Gasteiger partial charge in [0.05, 0.1) is 5.39 Å². The predicted octanol–water partition coefficient (Wildman–Crippen LogP) is 1.69. The molecule has 7 nitrogen and oxygen atoms in total. The molecule has 0 unspecified atom stereocenters. The minimum atomic E-state index is -0.389. The van der Waals surface area contributed by atoms with Crippen LogP contribution in [-0.4, -0.2) is 38.0 Å². The van der Waals surface area contributed by atoms with E-state index >= 15 is 0 Å². The Hall–Kier alpha value is -2.44. The van der Waals surface area contributed by atoms with Crippen molar-refractivity contribution >= 4 is 16.9 Å². The molecule has 1 aliphatic rings. The van der Waals surface area contributed by atoms with Crippen molar-refractivity contribution in [1.82, 2.24) is 19.0 Å². The molecule has 2 aromatic heterocycles. The highest BCUT2D eigenvalue weighted by Crippen LogP contribution is 2.24. The van der Waals surface area contributed by atoms with Gasteiger partial charge in [0.1, 0.15) is 5.65 Å². The van der Waals surface area contributed by atoms with Crippen LogP contribution in [0.5, 0.6) is 0 Å². The van der Waals surface area contributed by atoms with Crippen molar-refractivity contribution in [3.05, 3.63) is 37.7 Å². The molecule has 1 saturated heterocycles. The van der Waals surface area contributed by atoms with Gasteiger partial charge in [-0.15, -0.1) is 0 Å². The molecule has 28 heavy (non-hydrogen) atoms. The summed E-state index contributed by atoms with van der Waals surface area (Å²) < 4.78 is 2.51. The monoisotopic (exact) mass is 386 g/mol. The number of hydrogen-bond donors (Lipinski definition) is 0. The maximum absolute atomic E-state index is 12.8. The average Bonchev–Trinajstić information content (AvgIpc) is 2.63. The first kappa shape index (κ1) is 20.3. The van der Waals surface area contributed by atoms with Crippen molar-refractivity contribution < 1.29 is 4.79 Å². The first-order chi connectivity index (χ1) is 13.1. The average molecular weight is 386 g/mol. The molecule has 2 atom stereocenters. The fourth-order valence-corrected chi connectivity index (χ4v) is 4.57. The van der Waals surface area contributed by atoms with Crippen LogP contribution < -0.4 is 11.2 Å². The third kappa shape index (κ3) is 3.50. The quantitative estimate of drug-likeness (QED) is 0.804. The number of hydrogen-bond acceptors (Lipinski definition) is 4. The fourth-order valence-electron chi connectivity index (χ4n) is 4.57. The third-order valence-corrected chi connectivity index (χ3v) is 5.98. The maximum Gasteiger partial charge on any atom is 0.332 e. The lowest BCUT2D eigenvalue weighted by Gasteiger charge is -2.35. The summed E-state index contributed by atoms with van der Waals surface area (Å²) in [5.41, 5.74) is 2.18. The van der Waals surface area contributed by atoms with Crippen molar-refractivity contribution in [2.45, 2.75) is 47.0 Å². The van der Waals surface area contributed by atoms with Crippen LogP contribution in [0.15, 0.2) is 9.59 Å². The highest BCUT2D eigenvalue weighted by molar-refractivity contribution is 5.81. The normalized spacial score (nSPS) is 20.0. The van der Waals surface area contributed by atoms with E-state index in [0.29, 0.717) is 35.7 Å². The van der Waals surface area contributed by atoms with Crippen LogP contribution in [0.2, 0.25) is 0 Å². The van der Waals surface area contributed by atoms with Crippen LogP contribution in [-0.2, 0) is 25.3 Å². The van der Waals surface area contributed by atoms with Gasteiger partial charge in [-0.25, -0.2) is 9.78 Å². The molecule has 3 heterocycles. The van der Waals surface area contributed by atoms with E-state index in [9.17, 15) is 14.4 Å². The number of fused-ring (bicyclic) bond motifs is 1. The van der Waals surface area contributed by atoms with Crippen molar-refractivity contribution in [2.24, 2.45) is 25.9 Å². The largest absolute Gasteiger partial charge is 0.342 e. The number of aromatic nitrogens is 3. The van der Waals surface area contributed by atoms with Crippen LogP contribution in [0, 0.1) is 25.7 Å². The second-order valence-electron chi connectivity index (χ2n) is 8.45. The molecule has 0 spiro atoms. The van der Waals surface area contributed by atoms with Gasteiger partial charge in [-0.3, -0.25) is 18.7 Å². The van der Waals surface area contributed by atoms with E-state index in [-0.39, 0.29) is 17.2 Å². The predicted molar refractivity (Wildman–Crippen MR) is 110 cm³/mol. The minimum absolute atomic E-state index is 0.158. The number of likely N-dealkylation sites (tertiary alicyclic amines) is 1. The molecule has 0 aliphatic carbocycles. The van der Waals surface area contributed by atoms with E-state index in [0.717, 1.165) is 34.5 Å². The SMILES string of the molecule is Cc1nc2c(c(C)c1CCC(=O)N1C[C@H](C)C[C@H](C)C1)c(=O)n(C)c(=O)n2C. The number of rotatable bonds is 3. The summed E-state index contributed by atoms with van der Waals surface area (Å²) in [6, 6.07) is 0. The van der Waals surface area contributed by atoms with Gasteiger partial charge in [0.2, 0.25) is 5.91 Å². The summed E-state index contributed by atoms with van der Waals surface area (Å²) in [4.78, 5) is 44.1. The first-order valence-electron chi connectivity index (χ1n) is 9.95. The zero-order chi connectivity index (χ0) is 20.7. The standard InChI is InChI=1S/C21H30N4O3/c1-12-9-13(2)11-25(10-12)17(26)8-7-16-14(3)18-19(22-15(16)4)23(5)21(28)24(6)20(18)27/h12-13H,7-11H2,1-6H3/t12-,13+.